The van der Waals surface area contributed by atoms with E-state index in [9.17, 15) is 9.90 Å². The summed E-state index contributed by atoms with van der Waals surface area (Å²) in [6.07, 6.45) is 8.17. The first-order valence-corrected chi connectivity index (χ1v) is 7.75. The quantitative estimate of drug-likeness (QED) is 0.865. The number of nitrogens with one attached hydrogen (secondary N) is 1. The Bertz CT molecular complexity index is 550. The molecule has 0 saturated heterocycles. The standard InChI is InChI=1S/C16H20N2O2/c19-16(20)12-8-11-2-1-3-13(11)17-15(12)18-14(9-4-5-9)10-6-7-10/h8-10,14H,1-7H2,(H,17,18)(H,19,20). The molecule has 0 radical (unpaired) electrons. The van der Waals surface area contributed by atoms with E-state index in [1.165, 1.54) is 25.7 Å². The highest BCUT2D eigenvalue weighted by atomic mass is 16.4. The summed E-state index contributed by atoms with van der Waals surface area (Å²) in [6, 6.07) is 2.29. The Kier molecular flexibility index (Phi) is 2.72. The Balaban J connectivity index is 1.66. The van der Waals surface area contributed by atoms with Gasteiger partial charge in [0, 0.05) is 11.7 Å². The fourth-order valence-electron chi connectivity index (χ4n) is 3.43. The van der Waals surface area contributed by atoms with Crippen molar-refractivity contribution >= 4 is 11.8 Å². The van der Waals surface area contributed by atoms with Crippen LogP contribution in [-0.4, -0.2) is 22.1 Å². The molecule has 4 nitrogen and oxygen atoms in total. The van der Waals surface area contributed by atoms with Gasteiger partial charge in [-0.15, -0.1) is 0 Å². The average Bonchev–Trinajstić information content (AvgIpc) is 3.33. The van der Waals surface area contributed by atoms with Gasteiger partial charge in [0.1, 0.15) is 11.4 Å². The third kappa shape index (κ3) is 2.17. The van der Waals surface area contributed by atoms with Crippen LogP contribution in [0.2, 0.25) is 0 Å². The lowest BCUT2D eigenvalue weighted by atomic mass is 10.1. The Hall–Kier alpha value is -1.58. The number of hydrogen-bond donors (Lipinski definition) is 2. The van der Waals surface area contributed by atoms with Crippen LogP contribution in [0.15, 0.2) is 6.07 Å². The van der Waals surface area contributed by atoms with E-state index in [1.807, 2.05) is 6.07 Å². The van der Waals surface area contributed by atoms with Gasteiger partial charge in [-0.05, 0) is 68.4 Å². The number of carboxylic acids is 1. The van der Waals surface area contributed by atoms with Crippen molar-refractivity contribution in [1.82, 2.24) is 4.98 Å². The number of aromatic carboxylic acids is 1. The van der Waals surface area contributed by atoms with Crippen LogP contribution in [0.25, 0.3) is 0 Å². The molecule has 3 aliphatic carbocycles. The summed E-state index contributed by atoms with van der Waals surface area (Å²) in [6.45, 7) is 0. The molecule has 0 aliphatic heterocycles. The SMILES string of the molecule is O=C(O)c1cc2c(nc1NC(C1CC1)C1CC1)CCC2. The highest BCUT2D eigenvalue weighted by molar-refractivity contribution is 5.93. The van der Waals surface area contributed by atoms with E-state index in [0.717, 1.165) is 42.4 Å². The highest BCUT2D eigenvalue weighted by Crippen LogP contribution is 2.46. The fourth-order valence-corrected chi connectivity index (χ4v) is 3.43. The van der Waals surface area contributed by atoms with Crippen molar-refractivity contribution in [1.29, 1.82) is 0 Å². The van der Waals surface area contributed by atoms with Crippen LogP contribution in [-0.2, 0) is 12.8 Å². The van der Waals surface area contributed by atoms with Crippen LogP contribution in [0.1, 0.15) is 53.7 Å². The van der Waals surface area contributed by atoms with E-state index in [0.29, 0.717) is 17.4 Å². The van der Waals surface area contributed by atoms with E-state index < -0.39 is 5.97 Å². The molecule has 0 bridgehead atoms. The van der Waals surface area contributed by atoms with Gasteiger partial charge in [-0.25, -0.2) is 9.78 Å². The largest absolute Gasteiger partial charge is 0.478 e. The molecule has 2 fully saturated rings. The number of pyridine rings is 1. The maximum atomic E-state index is 11.5. The van der Waals surface area contributed by atoms with E-state index in [4.69, 9.17) is 0 Å². The minimum absolute atomic E-state index is 0.358. The molecular formula is C16H20N2O2. The van der Waals surface area contributed by atoms with Crippen molar-refractivity contribution in [3.63, 3.8) is 0 Å². The number of anilines is 1. The molecule has 20 heavy (non-hydrogen) atoms. The maximum Gasteiger partial charge on any atom is 0.339 e. The summed E-state index contributed by atoms with van der Waals surface area (Å²) in [5.74, 6) is 1.22. The molecule has 0 atom stereocenters. The molecule has 2 saturated carbocycles. The predicted octanol–water partition coefficient (Wildman–Crippen LogP) is 2.87. The Morgan fingerprint density at radius 3 is 2.55 bits per heavy atom. The van der Waals surface area contributed by atoms with Crippen LogP contribution in [0.4, 0.5) is 5.82 Å². The zero-order valence-corrected chi connectivity index (χ0v) is 11.6. The van der Waals surface area contributed by atoms with Crippen LogP contribution >= 0.6 is 0 Å². The predicted molar refractivity (Wildman–Crippen MR) is 76.1 cm³/mol. The number of carboxylic acid groups (broad SMARTS) is 1. The lowest BCUT2D eigenvalue weighted by Gasteiger charge is -2.20. The fraction of sp³-hybridized carbons (Fsp3) is 0.625. The van der Waals surface area contributed by atoms with Gasteiger partial charge < -0.3 is 10.4 Å². The van der Waals surface area contributed by atoms with Crippen molar-refractivity contribution in [2.24, 2.45) is 11.8 Å². The molecule has 4 heteroatoms. The molecular weight excluding hydrogens is 252 g/mol. The van der Waals surface area contributed by atoms with E-state index in [2.05, 4.69) is 10.3 Å². The lowest BCUT2D eigenvalue weighted by molar-refractivity contribution is 0.0697. The van der Waals surface area contributed by atoms with Crippen molar-refractivity contribution in [2.75, 3.05) is 5.32 Å². The van der Waals surface area contributed by atoms with Crippen molar-refractivity contribution in [3.8, 4) is 0 Å². The first-order chi connectivity index (χ1) is 9.72. The van der Waals surface area contributed by atoms with Crippen molar-refractivity contribution < 1.29 is 9.90 Å². The Morgan fingerprint density at radius 1 is 1.25 bits per heavy atom. The molecule has 4 rings (SSSR count). The number of fused-ring (bicyclic) bond motifs is 1. The second kappa shape index (κ2) is 4.47. The second-order valence-electron chi connectivity index (χ2n) is 6.49. The molecule has 0 spiro atoms. The topological polar surface area (TPSA) is 62.2 Å². The summed E-state index contributed by atoms with van der Waals surface area (Å²) in [7, 11) is 0. The summed E-state index contributed by atoms with van der Waals surface area (Å²) >= 11 is 0. The lowest BCUT2D eigenvalue weighted by Crippen LogP contribution is -2.26. The molecule has 3 aliphatic rings. The van der Waals surface area contributed by atoms with Crippen molar-refractivity contribution in [2.45, 2.75) is 51.0 Å². The summed E-state index contributed by atoms with van der Waals surface area (Å²) < 4.78 is 0. The smallest absolute Gasteiger partial charge is 0.339 e. The van der Waals surface area contributed by atoms with Crippen LogP contribution in [0.5, 0.6) is 0 Å². The van der Waals surface area contributed by atoms with E-state index >= 15 is 0 Å². The van der Waals surface area contributed by atoms with Crippen LogP contribution < -0.4 is 5.32 Å². The number of nitrogens with zero attached hydrogens (tertiary/aromatic N) is 1. The monoisotopic (exact) mass is 272 g/mol. The number of hydrogen-bond acceptors (Lipinski definition) is 3. The van der Waals surface area contributed by atoms with Crippen LogP contribution in [0, 0.1) is 11.8 Å². The van der Waals surface area contributed by atoms with Gasteiger partial charge in [0.05, 0.1) is 0 Å². The third-order valence-electron chi connectivity index (χ3n) is 4.84. The molecule has 1 aromatic heterocycles. The van der Waals surface area contributed by atoms with Gasteiger partial charge in [-0.1, -0.05) is 0 Å². The van der Waals surface area contributed by atoms with Gasteiger partial charge in [0.25, 0.3) is 0 Å². The first kappa shape index (κ1) is 12.2. The maximum absolute atomic E-state index is 11.5. The Morgan fingerprint density at radius 2 is 1.95 bits per heavy atom. The highest BCUT2D eigenvalue weighted by Gasteiger charge is 2.42. The van der Waals surface area contributed by atoms with Crippen molar-refractivity contribution in [3.05, 3.63) is 22.9 Å². The van der Waals surface area contributed by atoms with E-state index in [1.54, 1.807) is 0 Å². The van der Waals surface area contributed by atoms with E-state index in [-0.39, 0.29) is 0 Å². The zero-order chi connectivity index (χ0) is 13.7. The normalized spacial score (nSPS) is 21.1. The summed E-state index contributed by atoms with van der Waals surface area (Å²) in [5, 5.41) is 12.9. The minimum Gasteiger partial charge on any atom is -0.478 e. The van der Waals surface area contributed by atoms with Gasteiger partial charge in [0.2, 0.25) is 0 Å². The molecule has 0 unspecified atom stereocenters. The minimum atomic E-state index is -0.861. The number of aryl methyl sites for hydroxylation is 2. The molecule has 0 amide bonds. The number of rotatable bonds is 5. The second-order valence-corrected chi connectivity index (χ2v) is 6.49. The summed E-state index contributed by atoms with van der Waals surface area (Å²) in [5.41, 5.74) is 2.59. The molecule has 1 aromatic rings. The summed E-state index contributed by atoms with van der Waals surface area (Å²) in [4.78, 5) is 16.1. The molecule has 106 valence electrons. The van der Waals surface area contributed by atoms with Gasteiger partial charge in [0.15, 0.2) is 0 Å². The molecule has 1 heterocycles. The van der Waals surface area contributed by atoms with Gasteiger partial charge in [-0.3, -0.25) is 0 Å². The van der Waals surface area contributed by atoms with Crippen LogP contribution in [0.3, 0.4) is 0 Å². The van der Waals surface area contributed by atoms with Gasteiger partial charge >= 0.3 is 5.97 Å². The first-order valence-electron chi connectivity index (χ1n) is 7.75. The average molecular weight is 272 g/mol. The number of carbonyl (C=O) groups is 1. The molecule has 0 aromatic carbocycles. The zero-order valence-electron chi connectivity index (χ0n) is 11.6. The Labute approximate surface area is 118 Å². The molecule has 2 N–H and O–H groups in total. The number of aromatic nitrogens is 1. The third-order valence-corrected chi connectivity index (χ3v) is 4.84. The van der Waals surface area contributed by atoms with Gasteiger partial charge in [-0.2, -0.15) is 0 Å².